The molecule has 1 saturated carbocycles. The summed E-state index contributed by atoms with van der Waals surface area (Å²) in [5, 5.41) is 14.1. The van der Waals surface area contributed by atoms with Gasteiger partial charge in [0.25, 0.3) is 0 Å². The van der Waals surface area contributed by atoms with E-state index in [4.69, 9.17) is 11.6 Å². The van der Waals surface area contributed by atoms with Crippen molar-refractivity contribution in [2.45, 2.75) is 57.7 Å². The van der Waals surface area contributed by atoms with Crippen LogP contribution in [0.1, 0.15) is 44.7 Å². The Kier molecular flexibility index (Phi) is 6.27. The van der Waals surface area contributed by atoms with Crippen LogP contribution in [0.5, 0.6) is 0 Å². The molecule has 2 N–H and O–H groups in total. The molecule has 0 bridgehead atoms. The highest BCUT2D eigenvalue weighted by Crippen LogP contribution is 2.25. The summed E-state index contributed by atoms with van der Waals surface area (Å²) in [4.78, 5) is 6.79. The van der Waals surface area contributed by atoms with E-state index in [-0.39, 0.29) is 12.1 Å². The first kappa shape index (κ1) is 16.5. The highest BCUT2D eigenvalue weighted by atomic mass is 35.5. The molecule has 0 amide bonds. The van der Waals surface area contributed by atoms with Crippen LogP contribution in [0.2, 0.25) is 5.02 Å². The predicted molar refractivity (Wildman–Crippen MR) is 87.8 cm³/mol. The summed E-state index contributed by atoms with van der Waals surface area (Å²) in [6, 6.07) is 4.02. The van der Waals surface area contributed by atoms with Gasteiger partial charge in [0.1, 0.15) is 5.82 Å². The first-order valence-electron chi connectivity index (χ1n) is 7.89. The lowest BCUT2D eigenvalue weighted by atomic mass is 9.91. The molecule has 2 rings (SSSR count). The second-order valence-corrected chi connectivity index (χ2v) is 6.29. The van der Waals surface area contributed by atoms with E-state index in [9.17, 15) is 5.11 Å². The quantitative estimate of drug-likeness (QED) is 0.846. The molecular weight excluding hydrogens is 286 g/mol. The van der Waals surface area contributed by atoms with Crippen molar-refractivity contribution in [3.8, 4) is 0 Å². The molecule has 0 radical (unpaired) electrons. The van der Waals surface area contributed by atoms with Crippen LogP contribution < -0.4 is 5.32 Å². The molecule has 0 saturated heterocycles. The van der Waals surface area contributed by atoms with Gasteiger partial charge in [-0.05, 0) is 38.4 Å². The van der Waals surface area contributed by atoms with Gasteiger partial charge >= 0.3 is 0 Å². The zero-order valence-corrected chi connectivity index (χ0v) is 13.7. The topological polar surface area (TPSA) is 48.4 Å². The van der Waals surface area contributed by atoms with Crippen LogP contribution in [-0.4, -0.2) is 40.7 Å². The standard InChI is InChI=1S/C16H26ClN3O/c1-3-10-18-16-9-8-12(17)13(19-16)11-20(2)14-6-4-5-7-15(14)21/h8-9,14-15,21H,3-7,10-11H2,1-2H3,(H,18,19). The molecule has 1 aliphatic rings. The summed E-state index contributed by atoms with van der Waals surface area (Å²) in [6.45, 7) is 3.70. The first-order valence-corrected chi connectivity index (χ1v) is 8.27. The molecule has 4 nitrogen and oxygen atoms in total. The van der Waals surface area contributed by atoms with E-state index < -0.39 is 0 Å². The fourth-order valence-electron chi connectivity index (χ4n) is 2.91. The van der Waals surface area contributed by atoms with Gasteiger partial charge in [-0.1, -0.05) is 31.4 Å². The second-order valence-electron chi connectivity index (χ2n) is 5.89. The van der Waals surface area contributed by atoms with Crippen molar-refractivity contribution in [2.24, 2.45) is 0 Å². The van der Waals surface area contributed by atoms with Gasteiger partial charge in [-0.15, -0.1) is 0 Å². The second kappa shape index (κ2) is 7.97. The molecule has 2 atom stereocenters. The van der Waals surface area contributed by atoms with Crippen LogP contribution in [0.3, 0.4) is 0 Å². The third-order valence-electron chi connectivity index (χ3n) is 4.13. The number of hydrogen-bond donors (Lipinski definition) is 2. The molecule has 1 aliphatic carbocycles. The van der Waals surface area contributed by atoms with Crippen LogP contribution in [0.4, 0.5) is 5.82 Å². The van der Waals surface area contributed by atoms with E-state index in [0.29, 0.717) is 11.6 Å². The molecule has 1 aromatic rings. The van der Waals surface area contributed by atoms with Crippen LogP contribution in [-0.2, 0) is 6.54 Å². The third kappa shape index (κ3) is 4.56. The number of halogens is 1. The van der Waals surface area contributed by atoms with Crippen LogP contribution >= 0.6 is 11.6 Å². The van der Waals surface area contributed by atoms with Crippen molar-refractivity contribution in [3.63, 3.8) is 0 Å². The summed E-state index contributed by atoms with van der Waals surface area (Å²) in [7, 11) is 2.05. The van der Waals surface area contributed by atoms with Crippen LogP contribution in [0, 0.1) is 0 Å². The van der Waals surface area contributed by atoms with Gasteiger partial charge in [0, 0.05) is 19.1 Å². The number of aliphatic hydroxyl groups is 1. The van der Waals surface area contributed by atoms with Crippen molar-refractivity contribution in [2.75, 3.05) is 18.9 Å². The number of nitrogens with one attached hydrogen (secondary N) is 1. The Morgan fingerprint density at radius 1 is 1.38 bits per heavy atom. The summed E-state index contributed by atoms with van der Waals surface area (Å²) < 4.78 is 0. The number of pyridine rings is 1. The van der Waals surface area contributed by atoms with E-state index in [1.807, 2.05) is 19.2 Å². The summed E-state index contributed by atoms with van der Waals surface area (Å²) in [6.07, 6.45) is 5.08. The van der Waals surface area contributed by atoms with Crippen molar-refractivity contribution in [1.82, 2.24) is 9.88 Å². The molecule has 5 heteroatoms. The van der Waals surface area contributed by atoms with Gasteiger partial charge in [-0.25, -0.2) is 4.98 Å². The highest BCUT2D eigenvalue weighted by molar-refractivity contribution is 6.31. The van der Waals surface area contributed by atoms with Gasteiger partial charge in [0.05, 0.1) is 16.8 Å². The maximum absolute atomic E-state index is 10.1. The number of likely N-dealkylation sites (N-methyl/N-ethyl adjacent to an activating group) is 1. The fourth-order valence-corrected chi connectivity index (χ4v) is 3.07. The highest BCUT2D eigenvalue weighted by Gasteiger charge is 2.27. The Morgan fingerprint density at radius 2 is 2.14 bits per heavy atom. The van der Waals surface area contributed by atoms with E-state index >= 15 is 0 Å². The smallest absolute Gasteiger partial charge is 0.126 e. The molecule has 0 spiro atoms. The van der Waals surface area contributed by atoms with Gasteiger partial charge in [-0.3, -0.25) is 4.90 Å². The molecule has 0 aliphatic heterocycles. The lowest BCUT2D eigenvalue weighted by molar-refractivity contribution is 0.0284. The predicted octanol–water partition coefficient (Wildman–Crippen LogP) is 3.29. The molecule has 2 unspecified atom stereocenters. The molecule has 1 fully saturated rings. The Hall–Kier alpha value is -0.840. The van der Waals surface area contributed by atoms with E-state index in [0.717, 1.165) is 43.7 Å². The van der Waals surface area contributed by atoms with Crippen molar-refractivity contribution in [1.29, 1.82) is 0 Å². The summed E-state index contributed by atoms with van der Waals surface area (Å²) in [5.41, 5.74) is 0.873. The molecule has 0 aromatic carbocycles. The number of nitrogens with zero attached hydrogens (tertiary/aromatic N) is 2. The van der Waals surface area contributed by atoms with Crippen LogP contribution in [0.25, 0.3) is 0 Å². The largest absolute Gasteiger partial charge is 0.391 e. The Morgan fingerprint density at radius 3 is 2.86 bits per heavy atom. The van der Waals surface area contributed by atoms with Gasteiger partial charge in [-0.2, -0.15) is 0 Å². The average molecular weight is 312 g/mol. The van der Waals surface area contributed by atoms with Crippen molar-refractivity contribution in [3.05, 3.63) is 22.8 Å². The van der Waals surface area contributed by atoms with Crippen LogP contribution in [0.15, 0.2) is 12.1 Å². The number of aliphatic hydroxyl groups excluding tert-OH is 1. The zero-order chi connectivity index (χ0) is 15.2. The summed E-state index contributed by atoms with van der Waals surface area (Å²) >= 11 is 6.27. The monoisotopic (exact) mass is 311 g/mol. The maximum atomic E-state index is 10.1. The normalized spacial score (nSPS) is 22.5. The molecule has 1 aromatic heterocycles. The van der Waals surface area contributed by atoms with Crippen molar-refractivity contribution >= 4 is 17.4 Å². The SMILES string of the molecule is CCCNc1ccc(Cl)c(CN(C)C2CCCCC2O)n1. The van der Waals surface area contributed by atoms with Gasteiger partial charge in [0.15, 0.2) is 0 Å². The number of rotatable bonds is 6. The van der Waals surface area contributed by atoms with Gasteiger partial charge in [0.2, 0.25) is 0 Å². The van der Waals surface area contributed by atoms with E-state index in [2.05, 4.69) is 22.1 Å². The Balaban J connectivity index is 2.03. The molecule has 1 heterocycles. The number of hydrogen-bond acceptors (Lipinski definition) is 4. The Labute approximate surface area is 132 Å². The van der Waals surface area contributed by atoms with Crippen molar-refractivity contribution < 1.29 is 5.11 Å². The fraction of sp³-hybridized carbons (Fsp3) is 0.688. The third-order valence-corrected chi connectivity index (χ3v) is 4.48. The lowest BCUT2D eigenvalue weighted by Crippen LogP contribution is -2.43. The van der Waals surface area contributed by atoms with E-state index in [1.165, 1.54) is 6.42 Å². The van der Waals surface area contributed by atoms with Gasteiger partial charge < -0.3 is 10.4 Å². The lowest BCUT2D eigenvalue weighted by Gasteiger charge is -2.35. The molecule has 118 valence electrons. The maximum Gasteiger partial charge on any atom is 0.126 e. The molecular formula is C16H26ClN3O. The molecule has 21 heavy (non-hydrogen) atoms. The zero-order valence-electron chi connectivity index (χ0n) is 13.0. The minimum atomic E-state index is -0.232. The van der Waals surface area contributed by atoms with E-state index in [1.54, 1.807) is 0 Å². The Bertz CT molecular complexity index is 455. The minimum Gasteiger partial charge on any atom is -0.391 e. The minimum absolute atomic E-state index is 0.212. The number of anilines is 1. The first-order chi connectivity index (χ1) is 10.1. The number of aromatic nitrogens is 1. The average Bonchev–Trinajstić information content (AvgIpc) is 2.48. The summed E-state index contributed by atoms with van der Waals surface area (Å²) in [5.74, 6) is 0.869.